The first-order chi connectivity index (χ1) is 17.6. The highest BCUT2D eigenvalue weighted by molar-refractivity contribution is 8.14. The van der Waals surface area contributed by atoms with Crippen molar-refractivity contribution >= 4 is 46.0 Å². The van der Waals surface area contributed by atoms with Gasteiger partial charge in [0.25, 0.3) is 0 Å². The molecule has 2 aromatic heterocycles. The minimum atomic E-state index is -1.13. The second-order valence-electron chi connectivity index (χ2n) is 9.79. The SMILES string of the molecule is COC(=O)[C@H](Cc1ccc(-c2cccs2)nc1)NC(=O)C1(NC(=O)[C@H](CC(C)C)SC(C)=O)CCCC1. The van der Waals surface area contributed by atoms with Crippen molar-refractivity contribution in [2.75, 3.05) is 7.11 Å². The molecule has 0 bridgehead atoms. The number of pyridine rings is 1. The summed E-state index contributed by atoms with van der Waals surface area (Å²) in [5.74, 6) is -1.10. The number of hydrogen-bond donors (Lipinski definition) is 2. The summed E-state index contributed by atoms with van der Waals surface area (Å²) in [5.41, 5.74) is 0.483. The molecule has 1 aliphatic rings. The van der Waals surface area contributed by atoms with E-state index in [9.17, 15) is 19.2 Å². The van der Waals surface area contributed by atoms with Crippen LogP contribution in [0.2, 0.25) is 0 Å². The molecular weight excluding hydrogens is 510 g/mol. The number of nitrogens with one attached hydrogen (secondary N) is 2. The number of methoxy groups -OCH3 is 1. The molecule has 2 amide bonds. The van der Waals surface area contributed by atoms with E-state index in [1.165, 1.54) is 14.0 Å². The fourth-order valence-electron chi connectivity index (χ4n) is 4.52. The Hall–Kier alpha value is -2.72. The van der Waals surface area contributed by atoms with E-state index in [0.29, 0.717) is 19.3 Å². The van der Waals surface area contributed by atoms with Crippen LogP contribution in [-0.2, 0) is 30.3 Å². The zero-order valence-electron chi connectivity index (χ0n) is 21.7. The number of carbonyl (C=O) groups excluding carboxylic acids is 4. The third-order valence-electron chi connectivity index (χ3n) is 6.37. The van der Waals surface area contributed by atoms with Crippen LogP contribution in [0.3, 0.4) is 0 Å². The van der Waals surface area contributed by atoms with Crippen molar-refractivity contribution in [1.29, 1.82) is 0 Å². The van der Waals surface area contributed by atoms with Crippen LogP contribution >= 0.6 is 23.1 Å². The van der Waals surface area contributed by atoms with E-state index in [0.717, 1.165) is 40.7 Å². The Balaban J connectivity index is 1.74. The lowest BCUT2D eigenvalue weighted by atomic mass is 9.94. The number of ether oxygens (including phenoxy) is 1. The maximum atomic E-state index is 13.6. The Kier molecular flexibility index (Phi) is 10.3. The average molecular weight is 546 g/mol. The number of nitrogens with zero attached hydrogens (tertiary/aromatic N) is 1. The Morgan fingerprint density at radius 3 is 2.43 bits per heavy atom. The largest absolute Gasteiger partial charge is 0.467 e. The maximum absolute atomic E-state index is 13.6. The van der Waals surface area contributed by atoms with Crippen molar-refractivity contribution in [3.8, 4) is 10.6 Å². The van der Waals surface area contributed by atoms with Gasteiger partial charge >= 0.3 is 5.97 Å². The van der Waals surface area contributed by atoms with Gasteiger partial charge in [0.2, 0.25) is 11.8 Å². The fraction of sp³-hybridized carbons (Fsp3) is 0.519. The van der Waals surface area contributed by atoms with E-state index >= 15 is 0 Å². The molecule has 200 valence electrons. The van der Waals surface area contributed by atoms with E-state index in [4.69, 9.17) is 4.74 Å². The molecule has 2 aromatic rings. The molecule has 0 aliphatic heterocycles. The number of carbonyl (C=O) groups is 4. The summed E-state index contributed by atoms with van der Waals surface area (Å²) >= 11 is 2.58. The molecule has 0 saturated heterocycles. The highest BCUT2D eigenvalue weighted by Crippen LogP contribution is 2.32. The van der Waals surface area contributed by atoms with Crippen LogP contribution in [0.15, 0.2) is 35.8 Å². The number of rotatable bonds is 11. The molecule has 2 N–H and O–H groups in total. The van der Waals surface area contributed by atoms with Crippen molar-refractivity contribution in [1.82, 2.24) is 15.6 Å². The summed E-state index contributed by atoms with van der Waals surface area (Å²) in [7, 11) is 1.28. The van der Waals surface area contributed by atoms with Crippen LogP contribution in [0.25, 0.3) is 10.6 Å². The van der Waals surface area contributed by atoms with Crippen molar-refractivity contribution in [2.24, 2.45) is 5.92 Å². The summed E-state index contributed by atoms with van der Waals surface area (Å²) in [6.07, 6.45) is 4.91. The first-order valence-electron chi connectivity index (χ1n) is 12.5. The molecule has 0 aromatic carbocycles. The van der Waals surface area contributed by atoms with Gasteiger partial charge in [-0.15, -0.1) is 11.3 Å². The van der Waals surface area contributed by atoms with Gasteiger partial charge < -0.3 is 15.4 Å². The van der Waals surface area contributed by atoms with Gasteiger partial charge in [0.05, 0.1) is 22.9 Å². The third-order valence-corrected chi connectivity index (χ3v) is 8.28. The number of thioether (sulfide) groups is 1. The van der Waals surface area contributed by atoms with Crippen LogP contribution < -0.4 is 10.6 Å². The van der Waals surface area contributed by atoms with Crippen LogP contribution in [0.1, 0.15) is 58.4 Å². The first kappa shape index (κ1) is 28.8. The molecule has 2 atom stereocenters. The molecule has 8 nitrogen and oxygen atoms in total. The summed E-state index contributed by atoms with van der Waals surface area (Å²) < 4.78 is 4.97. The van der Waals surface area contributed by atoms with Crippen molar-refractivity contribution in [3.63, 3.8) is 0 Å². The van der Waals surface area contributed by atoms with E-state index < -0.39 is 28.7 Å². The smallest absolute Gasteiger partial charge is 0.328 e. The Morgan fingerprint density at radius 1 is 1.16 bits per heavy atom. The van der Waals surface area contributed by atoms with Gasteiger partial charge in [-0.05, 0) is 48.3 Å². The maximum Gasteiger partial charge on any atom is 0.328 e. The predicted octanol–water partition coefficient (Wildman–Crippen LogP) is 4.13. The summed E-state index contributed by atoms with van der Waals surface area (Å²) in [5, 5.41) is 7.07. The standard InChI is InChI=1S/C27H35N3O5S2/c1-17(2)14-23(37-18(3)31)24(32)30-27(11-5-6-12-27)26(34)29-21(25(33)35-4)15-19-9-10-20(28-16-19)22-8-7-13-36-22/h7-10,13,16-17,21,23H,5-6,11-12,14-15H2,1-4H3,(H,29,34)(H,30,32)/t21-,23-/m0/s1. The third kappa shape index (κ3) is 7.88. The van der Waals surface area contributed by atoms with E-state index in [1.54, 1.807) is 17.5 Å². The average Bonchev–Trinajstić information content (AvgIpc) is 3.56. The van der Waals surface area contributed by atoms with Crippen LogP contribution in [0.4, 0.5) is 0 Å². The molecule has 0 unspecified atom stereocenters. The minimum absolute atomic E-state index is 0.143. The van der Waals surface area contributed by atoms with Gasteiger partial charge in [-0.25, -0.2) is 4.79 Å². The van der Waals surface area contributed by atoms with Crippen LogP contribution in [-0.4, -0.2) is 51.8 Å². The highest BCUT2D eigenvalue weighted by atomic mass is 32.2. The van der Waals surface area contributed by atoms with Gasteiger partial charge in [-0.1, -0.05) is 50.6 Å². The summed E-state index contributed by atoms with van der Waals surface area (Å²) in [4.78, 5) is 56.7. The predicted molar refractivity (Wildman–Crippen MR) is 146 cm³/mol. The Morgan fingerprint density at radius 2 is 1.89 bits per heavy atom. The van der Waals surface area contributed by atoms with Gasteiger partial charge in [0.1, 0.15) is 11.6 Å². The molecule has 0 spiro atoms. The van der Waals surface area contributed by atoms with Crippen molar-refractivity contribution in [3.05, 3.63) is 41.4 Å². The van der Waals surface area contributed by atoms with Crippen molar-refractivity contribution < 1.29 is 23.9 Å². The minimum Gasteiger partial charge on any atom is -0.467 e. The molecule has 3 rings (SSSR count). The second kappa shape index (κ2) is 13.2. The zero-order chi connectivity index (χ0) is 27.0. The molecule has 1 saturated carbocycles. The molecule has 37 heavy (non-hydrogen) atoms. The molecule has 1 aliphatic carbocycles. The molecular formula is C27H35N3O5S2. The molecule has 0 radical (unpaired) electrons. The van der Waals surface area contributed by atoms with E-state index in [-0.39, 0.29) is 23.4 Å². The summed E-state index contributed by atoms with van der Waals surface area (Å²) in [6.45, 7) is 5.41. The van der Waals surface area contributed by atoms with Crippen LogP contribution in [0.5, 0.6) is 0 Å². The second-order valence-corrected chi connectivity index (χ2v) is 12.1. The molecule has 10 heteroatoms. The first-order valence-corrected chi connectivity index (χ1v) is 14.3. The topological polar surface area (TPSA) is 114 Å². The number of hydrogen-bond acceptors (Lipinski definition) is 8. The van der Waals surface area contributed by atoms with Gasteiger partial charge in [-0.3, -0.25) is 19.4 Å². The fourth-order valence-corrected chi connectivity index (χ4v) is 6.27. The number of aromatic nitrogens is 1. The lowest BCUT2D eigenvalue weighted by Crippen LogP contribution is -2.61. The van der Waals surface area contributed by atoms with Gasteiger partial charge in [0, 0.05) is 19.5 Å². The van der Waals surface area contributed by atoms with Crippen molar-refractivity contribution in [2.45, 2.75) is 76.1 Å². The normalized spacial score (nSPS) is 16.1. The van der Waals surface area contributed by atoms with E-state index in [2.05, 4.69) is 15.6 Å². The number of thiophene rings is 1. The van der Waals surface area contributed by atoms with Gasteiger partial charge in [0.15, 0.2) is 5.12 Å². The van der Waals surface area contributed by atoms with E-state index in [1.807, 2.05) is 43.5 Å². The van der Waals surface area contributed by atoms with Gasteiger partial charge in [-0.2, -0.15) is 0 Å². The summed E-state index contributed by atoms with van der Waals surface area (Å²) in [6, 6.07) is 6.78. The highest BCUT2D eigenvalue weighted by Gasteiger charge is 2.45. The number of amides is 2. The Labute approximate surface area is 226 Å². The number of esters is 1. The molecule has 1 fully saturated rings. The molecule has 2 heterocycles. The lowest BCUT2D eigenvalue weighted by Gasteiger charge is -2.32. The zero-order valence-corrected chi connectivity index (χ0v) is 23.4. The lowest BCUT2D eigenvalue weighted by molar-refractivity contribution is -0.146. The monoisotopic (exact) mass is 545 g/mol. The Bertz CT molecular complexity index is 1080. The van der Waals surface area contributed by atoms with Crippen LogP contribution in [0, 0.1) is 5.92 Å². The quantitative estimate of drug-likeness (QED) is 0.408.